The molecule has 3 aromatic heterocycles. The Morgan fingerprint density at radius 2 is 1.89 bits per heavy atom. The van der Waals surface area contributed by atoms with Gasteiger partial charge in [0.15, 0.2) is 0 Å². The van der Waals surface area contributed by atoms with Crippen molar-refractivity contribution in [3.8, 4) is 11.3 Å². The van der Waals surface area contributed by atoms with E-state index in [0.29, 0.717) is 52.0 Å². The number of hydrogen-bond donors (Lipinski definition) is 1. The molecule has 1 fully saturated rings. The largest absolute Gasteiger partial charge is 0.386 e. The molecular weight excluding hydrogens is 481 g/mol. The first-order valence-corrected chi connectivity index (χ1v) is 12.8. The molecule has 0 saturated carbocycles. The molecule has 1 saturated heterocycles. The minimum absolute atomic E-state index is 0.122. The van der Waals surface area contributed by atoms with Crippen LogP contribution in [-0.2, 0) is 17.4 Å². The van der Waals surface area contributed by atoms with Crippen LogP contribution in [0.2, 0.25) is 0 Å². The third kappa shape index (κ3) is 4.08. The van der Waals surface area contributed by atoms with Crippen LogP contribution in [0, 0.1) is 18.6 Å². The monoisotopic (exact) mass is 516 g/mol. The van der Waals surface area contributed by atoms with E-state index in [9.17, 15) is 5.11 Å². The maximum absolute atomic E-state index is 16.0. The molecule has 1 aliphatic rings. The molecule has 5 aromatic rings. The average Bonchev–Trinajstić information content (AvgIpc) is 3.48. The van der Waals surface area contributed by atoms with Gasteiger partial charge in [0.2, 0.25) is 0 Å². The van der Waals surface area contributed by atoms with E-state index in [1.807, 2.05) is 30.3 Å². The molecule has 1 atom stereocenters. The fourth-order valence-electron chi connectivity index (χ4n) is 5.75. The molecule has 0 aliphatic carbocycles. The van der Waals surface area contributed by atoms with Gasteiger partial charge in [-0.3, -0.25) is 4.98 Å². The van der Waals surface area contributed by atoms with Crippen molar-refractivity contribution in [3.05, 3.63) is 77.4 Å². The van der Waals surface area contributed by atoms with E-state index in [-0.39, 0.29) is 17.7 Å². The van der Waals surface area contributed by atoms with Crippen LogP contribution in [0.1, 0.15) is 53.7 Å². The van der Waals surface area contributed by atoms with Crippen molar-refractivity contribution in [3.63, 3.8) is 0 Å². The van der Waals surface area contributed by atoms with Gasteiger partial charge in [-0.1, -0.05) is 35.5 Å². The van der Waals surface area contributed by atoms with Crippen molar-refractivity contribution in [2.45, 2.75) is 45.2 Å². The van der Waals surface area contributed by atoms with Crippen molar-refractivity contribution in [2.24, 2.45) is 13.0 Å². The van der Waals surface area contributed by atoms with Crippen LogP contribution in [0.3, 0.4) is 0 Å². The lowest BCUT2D eigenvalue weighted by Gasteiger charge is -2.33. The molecule has 0 bridgehead atoms. The van der Waals surface area contributed by atoms with Crippen LogP contribution in [0.5, 0.6) is 0 Å². The van der Waals surface area contributed by atoms with Crippen LogP contribution in [0.4, 0.5) is 4.39 Å². The van der Waals surface area contributed by atoms with E-state index in [2.05, 4.69) is 27.0 Å². The van der Waals surface area contributed by atoms with E-state index in [4.69, 9.17) is 13.8 Å². The molecule has 0 spiro atoms. The molecule has 4 heterocycles. The number of halogens is 1. The number of fused-ring (bicyclic) bond motifs is 3. The molecular formula is C30H32FN5O2. The zero-order chi connectivity index (χ0) is 29.1. The third-order valence-corrected chi connectivity index (χ3v) is 7.63. The Kier molecular flexibility index (Phi) is 5.21. The summed E-state index contributed by atoms with van der Waals surface area (Å²) >= 11 is 0. The Morgan fingerprint density at radius 1 is 1.13 bits per heavy atom. The van der Waals surface area contributed by atoms with E-state index < -0.39 is 18.3 Å². The molecule has 1 aliphatic heterocycles. The first-order valence-electron chi connectivity index (χ1n) is 14.3. The Morgan fingerprint density at radius 3 is 2.61 bits per heavy atom. The lowest BCUT2D eigenvalue weighted by molar-refractivity contribution is 0.0552. The fraction of sp³-hybridized carbons (Fsp3) is 0.367. The number of benzene rings is 2. The van der Waals surface area contributed by atoms with Crippen molar-refractivity contribution >= 4 is 21.9 Å². The van der Waals surface area contributed by atoms with Gasteiger partial charge in [-0.2, -0.15) is 0 Å². The Labute approximate surface area is 225 Å². The number of rotatable bonds is 5. The third-order valence-electron chi connectivity index (χ3n) is 7.63. The molecule has 7 nitrogen and oxygen atoms in total. The quantitative estimate of drug-likeness (QED) is 0.325. The van der Waals surface area contributed by atoms with Gasteiger partial charge in [-0.25, -0.2) is 9.07 Å². The highest BCUT2D eigenvalue weighted by atomic mass is 19.1. The second-order valence-corrected chi connectivity index (χ2v) is 10.6. The Hall–Kier alpha value is -3.62. The second kappa shape index (κ2) is 9.29. The summed E-state index contributed by atoms with van der Waals surface area (Å²) in [4.78, 5) is 4.72. The smallest absolute Gasteiger partial charge is 0.135 e. The molecule has 6 rings (SSSR count). The summed E-state index contributed by atoms with van der Waals surface area (Å²) in [6.45, 7) is 2.04. The number of nitrogens with zero attached hydrogens (tertiary/aromatic N) is 5. The van der Waals surface area contributed by atoms with Crippen LogP contribution in [-0.4, -0.2) is 42.9 Å². The standard InChI is InChI=1S/C30H32FN5O2/c1-18-28(35(4)34-33-18)21-14-25-27(32-17-21)26-23(31)15-22(30(2,3)37)16-24(26)36(25)29(19-8-6-5-7-9-19)20-10-12-38-13-11-20/h5-9,14-17,20,29,37H,10-13H2,1-4H3/t29-/m1/s1/i1D3. The highest BCUT2D eigenvalue weighted by molar-refractivity contribution is 6.07. The number of aliphatic hydroxyl groups is 1. The first kappa shape index (κ1) is 21.3. The molecule has 0 unspecified atom stereocenters. The highest BCUT2D eigenvalue weighted by Gasteiger charge is 2.32. The minimum Gasteiger partial charge on any atom is -0.386 e. The number of aryl methyl sites for hydroxylation is 2. The van der Waals surface area contributed by atoms with Gasteiger partial charge >= 0.3 is 0 Å². The predicted octanol–water partition coefficient (Wildman–Crippen LogP) is 5.68. The van der Waals surface area contributed by atoms with E-state index >= 15 is 4.39 Å². The molecule has 0 amide bonds. The van der Waals surface area contributed by atoms with Gasteiger partial charge in [0.25, 0.3) is 0 Å². The fourth-order valence-corrected chi connectivity index (χ4v) is 5.75. The second-order valence-electron chi connectivity index (χ2n) is 10.6. The van der Waals surface area contributed by atoms with Crippen LogP contribution in [0.25, 0.3) is 33.2 Å². The van der Waals surface area contributed by atoms with Gasteiger partial charge < -0.3 is 14.4 Å². The van der Waals surface area contributed by atoms with Crippen LogP contribution in [0.15, 0.2) is 54.7 Å². The van der Waals surface area contributed by atoms with Gasteiger partial charge in [0.05, 0.1) is 45.0 Å². The molecule has 1 N–H and O–H groups in total. The molecule has 0 radical (unpaired) electrons. The number of ether oxygens (including phenoxy) is 1. The molecule has 2 aromatic carbocycles. The molecule has 196 valence electrons. The predicted molar refractivity (Wildman–Crippen MR) is 145 cm³/mol. The lowest BCUT2D eigenvalue weighted by atomic mass is 9.86. The zero-order valence-electron chi connectivity index (χ0n) is 24.6. The number of hydrogen-bond acceptors (Lipinski definition) is 5. The first-order chi connectivity index (χ1) is 19.4. The minimum atomic E-state index is -2.48. The topological polar surface area (TPSA) is 78.0 Å². The normalized spacial score (nSPS) is 17.4. The van der Waals surface area contributed by atoms with Crippen molar-refractivity contribution in [1.29, 1.82) is 0 Å². The average molecular weight is 517 g/mol. The maximum Gasteiger partial charge on any atom is 0.135 e. The van der Waals surface area contributed by atoms with Crippen molar-refractivity contribution in [1.82, 2.24) is 24.5 Å². The number of aromatic nitrogens is 5. The van der Waals surface area contributed by atoms with Crippen LogP contribution < -0.4 is 0 Å². The van der Waals surface area contributed by atoms with Crippen molar-refractivity contribution < 1.29 is 18.3 Å². The van der Waals surface area contributed by atoms with E-state index in [0.717, 1.165) is 18.4 Å². The summed E-state index contributed by atoms with van der Waals surface area (Å²) in [5.41, 5.74) is 2.69. The summed E-state index contributed by atoms with van der Waals surface area (Å²) in [6.07, 6.45) is 3.18. The van der Waals surface area contributed by atoms with E-state index in [1.54, 1.807) is 27.1 Å². The van der Waals surface area contributed by atoms with Gasteiger partial charge in [0.1, 0.15) is 5.82 Å². The zero-order valence-corrected chi connectivity index (χ0v) is 21.6. The Balaban J connectivity index is 1.72. The number of pyridine rings is 1. The molecule has 38 heavy (non-hydrogen) atoms. The summed E-state index contributed by atoms with van der Waals surface area (Å²) < 4.78 is 49.3. The van der Waals surface area contributed by atoms with Gasteiger partial charge in [0, 0.05) is 36.1 Å². The molecule has 8 heteroatoms. The lowest BCUT2D eigenvalue weighted by Crippen LogP contribution is -2.27. The van der Waals surface area contributed by atoms with Crippen LogP contribution >= 0.6 is 0 Å². The Bertz CT molecular complexity index is 1740. The summed E-state index contributed by atoms with van der Waals surface area (Å²) in [5.74, 6) is -0.299. The van der Waals surface area contributed by atoms with Crippen molar-refractivity contribution in [2.75, 3.05) is 13.2 Å². The SMILES string of the molecule is [2H]C([2H])([2H])c1nnn(C)c1-c1cnc2c3c(F)cc(C(C)(C)O)cc3n([C@H](c3ccccc3)C3CCOCC3)c2c1. The summed E-state index contributed by atoms with van der Waals surface area (Å²) in [7, 11) is 1.64. The summed E-state index contributed by atoms with van der Waals surface area (Å²) in [6, 6.07) is 15.0. The highest BCUT2D eigenvalue weighted by Crippen LogP contribution is 2.42. The van der Waals surface area contributed by atoms with Gasteiger partial charge in [-0.05, 0) is 68.8 Å². The van der Waals surface area contributed by atoms with Gasteiger partial charge in [-0.15, -0.1) is 5.10 Å². The summed E-state index contributed by atoms with van der Waals surface area (Å²) in [5, 5.41) is 19.1. The van der Waals surface area contributed by atoms with E-state index in [1.165, 1.54) is 10.7 Å². The maximum atomic E-state index is 16.0.